The molecule has 0 atom stereocenters. The molecule has 0 spiro atoms. The molecular formula is C14H14OS2. The molecule has 1 heterocycles. The summed E-state index contributed by atoms with van der Waals surface area (Å²) in [7, 11) is 0. The number of carbonyl (C=O) groups excluding carboxylic acids is 1. The van der Waals surface area contributed by atoms with Gasteiger partial charge in [-0.05, 0) is 29.9 Å². The molecule has 1 aromatic rings. The van der Waals surface area contributed by atoms with Crippen LogP contribution in [0.15, 0.2) is 34.1 Å². The first kappa shape index (κ1) is 11.4. The fourth-order valence-electron chi connectivity index (χ4n) is 2.23. The van der Waals surface area contributed by atoms with Crippen molar-refractivity contribution in [2.24, 2.45) is 0 Å². The smallest absolute Gasteiger partial charge is 0.200 e. The van der Waals surface area contributed by atoms with Crippen LogP contribution in [0.2, 0.25) is 0 Å². The number of Topliss-reactive ketones (excluding diaryl/α,β-unsaturated/α-hetero) is 1. The summed E-state index contributed by atoms with van der Waals surface area (Å²) in [6.07, 6.45) is 3.45. The van der Waals surface area contributed by atoms with E-state index in [1.807, 2.05) is 30.0 Å². The molecule has 0 fully saturated rings. The van der Waals surface area contributed by atoms with Gasteiger partial charge >= 0.3 is 0 Å². The van der Waals surface area contributed by atoms with Crippen LogP contribution in [-0.4, -0.2) is 17.3 Å². The van der Waals surface area contributed by atoms with Gasteiger partial charge in [0.05, 0.1) is 4.91 Å². The molecule has 3 rings (SSSR count). The van der Waals surface area contributed by atoms with E-state index >= 15 is 0 Å². The van der Waals surface area contributed by atoms with Crippen molar-refractivity contribution < 1.29 is 4.79 Å². The van der Waals surface area contributed by atoms with Crippen molar-refractivity contribution >= 4 is 29.3 Å². The lowest BCUT2D eigenvalue weighted by molar-refractivity contribution is 0.104. The average Bonchev–Trinajstić information content (AvgIpc) is 2.32. The van der Waals surface area contributed by atoms with Crippen LogP contribution < -0.4 is 0 Å². The first-order valence-electron chi connectivity index (χ1n) is 5.97. The highest BCUT2D eigenvalue weighted by Crippen LogP contribution is 2.39. The van der Waals surface area contributed by atoms with Crippen LogP contribution in [-0.2, 0) is 6.42 Å². The molecule has 1 aliphatic carbocycles. The molecule has 0 bridgehead atoms. The van der Waals surface area contributed by atoms with E-state index in [4.69, 9.17) is 0 Å². The van der Waals surface area contributed by atoms with Gasteiger partial charge in [0.2, 0.25) is 0 Å². The Morgan fingerprint density at radius 3 is 2.65 bits per heavy atom. The van der Waals surface area contributed by atoms with E-state index in [0.29, 0.717) is 0 Å². The third-order valence-corrected chi connectivity index (χ3v) is 5.67. The van der Waals surface area contributed by atoms with Gasteiger partial charge in [0.25, 0.3) is 0 Å². The third kappa shape index (κ3) is 2.18. The Labute approximate surface area is 110 Å². The molecule has 1 nitrogen and oxygen atoms in total. The summed E-state index contributed by atoms with van der Waals surface area (Å²) < 4.78 is 0. The van der Waals surface area contributed by atoms with Crippen molar-refractivity contribution in [1.29, 1.82) is 0 Å². The summed E-state index contributed by atoms with van der Waals surface area (Å²) in [5.74, 6) is 2.50. The zero-order valence-corrected chi connectivity index (χ0v) is 11.2. The minimum atomic E-state index is 0.251. The van der Waals surface area contributed by atoms with E-state index in [0.717, 1.165) is 28.4 Å². The Balaban J connectivity index is 2.01. The number of allylic oxidation sites excluding steroid dienone is 2. The highest BCUT2D eigenvalue weighted by Gasteiger charge is 2.26. The highest BCUT2D eigenvalue weighted by molar-refractivity contribution is 8.07. The van der Waals surface area contributed by atoms with E-state index in [1.54, 1.807) is 11.8 Å². The summed E-state index contributed by atoms with van der Waals surface area (Å²) >= 11 is 3.65. The Bertz CT molecular complexity index is 491. The number of fused-ring (bicyclic) bond motifs is 1. The van der Waals surface area contributed by atoms with Crippen molar-refractivity contribution in [3.63, 3.8) is 0 Å². The maximum absolute atomic E-state index is 12.4. The molecule has 0 saturated heterocycles. The van der Waals surface area contributed by atoms with Crippen molar-refractivity contribution in [1.82, 2.24) is 0 Å². The van der Waals surface area contributed by atoms with Gasteiger partial charge in [0.1, 0.15) is 0 Å². The van der Waals surface area contributed by atoms with Crippen LogP contribution in [0.5, 0.6) is 0 Å². The predicted molar refractivity (Wildman–Crippen MR) is 75.7 cm³/mol. The predicted octanol–water partition coefficient (Wildman–Crippen LogP) is 3.90. The van der Waals surface area contributed by atoms with E-state index in [2.05, 4.69) is 6.07 Å². The molecule has 2 aliphatic rings. The molecule has 0 radical (unpaired) electrons. The van der Waals surface area contributed by atoms with Gasteiger partial charge in [-0.2, -0.15) is 0 Å². The molecule has 0 aromatic heterocycles. The van der Waals surface area contributed by atoms with E-state index in [-0.39, 0.29) is 5.78 Å². The monoisotopic (exact) mass is 262 g/mol. The lowest BCUT2D eigenvalue weighted by Gasteiger charge is -2.22. The quantitative estimate of drug-likeness (QED) is 0.706. The van der Waals surface area contributed by atoms with Crippen LogP contribution >= 0.6 is 23.5 Å². The zero-order valence-electron chi connectivity index (χ0n) is 9.57. The molecule has 0 unspecified atom stereocenters. The van der Waals surface area contributed by atoms with Crippen molar-refractivity contribution in [2.75, 3.05) is 11.5 Å². The Morgan fingerprint density at radius 1 is 1.00 bits per heavy atom. The Kier molecular flexibility index (Phi) is 3.30. The van der Waals surface area contributed by atoms with Gasteiger partial charge in [-0.3, -0.25) is 4.79 Å². The SMILES string of the molecule is O=C1C2=C(Cc3ccccc31)SCCCCS2. The number of hydrogen-bond acceptors (Lipinski definition) is 3. The molecule has 88 valence electrons. The summed E-state index contributed by atoms with van der Waals surface area (Å²) in [6.45, 7) is 0. The lowest BCUT2D eigenvalue weighted by Crippen LogP contribution is -2.15. The lowest BCUT2D eigenvalue weighted by atomic mass is 9.96. The third-order valence-electron chi connectivity index (χ3n) is 3.13. The van der Waals surface area contributed by atoms with E-state index < -0.39 is 0 Å². The first-order chi connectivity index (χ1) is 8.36. The molecular weight excluding hydrogens is 248 g/mol. The number of thioether (sulfide) groups is 2. The molecule has 0 N–H and O–H groups in total. The summed E-state index contributed by atoms with van der Waals surface area (Å²) in [5.41, 5.74) is 2.12. The van der Waals surface area contributed by atoms with Crippen molar-refractivity contribution in [2.45, 2.75) is 19.3 Å². The second kappa shape index (κ2) is 4.91. The van der Waals surface area contributed by atoms with Crippen LogP contribution in [0.4, 0.5) is 0 Å². The van der Waals surface area contributed by atoms with E-state index in [9.17, 15) is 4.79 Å². The maximum atomic E-state index is 12.4. The van der Waals surface area contributed by atoms with Crippen LogP contribution in [0.25, 0.3) is 0 Å². The van der Waals surface area contributed by atoms with Gasteiger partial charge in [-0.25, -0.2) is 0 Å². The van der Waals surface area contributed by atoms with Gasteiger partial charge in [0.15, 0.2) is 5.78 Å². The second-order valence-corrected chi connectivity index (χ2v) is 6.61. The molecule has 17 heavy (non-hydrogen) atoms. The van der Waals surface area contributed by atoms with Gasteiger partial charge in [-0.1, -0.05) is 24.3 Å². The normalized spacial score (nSPS) is 20.4. The summed E-state index contributed by atoms with van der Waals surface area (Å²) in [5, 5.41) is 0. The molecule has 1 aliphatic heterocycles. The Hall–Kier alpha value is -0.670. The minimum absolute atomic E-state index is 0.251. The molecule has 0 amide bonds. The highest BCUT2D eigenvalue weighted by atomic mass is 32.2. The van der Waals surface area contributed by atoms with Crippen LogP contribution in [0.3, 0.4) is 0 Å². The van der Waals surface area contributed by atoms with Crippen LogP contribution in [0.1, 0.15) is 28.8 Å². The topological polar surface area (TPSA) is 17.1 Å². The number of ketones is 1. The van der Waals surface area contributed by atoms with Crippen LogP contribution in [0, 0.1) is 0 Å². The standard InChI is InChI=1S/C14H14OS2/c15-13-11-6-2-1-5-10(11)9-12-14(13)17-8-4-3-7-16-12/h1-2,5-6H,3-4,7-9H2. The maximum Gasteiger partial charge on any atom is 0.200 e. The van der Waals surface area contributed by atoms with Gasteiger partial charge in [0, 0.05) is 16.9 Å². The second-order valence-electron chi connectivity index (χ2n) is 4.32. The molecule has 1 aromatic carbocycles. The number of hydrogen-bond donors (Lipinski definition) is 0. The van der Waals surface area contributed by atoms with Crippen molar-refractivity contribution in [3.05, 3.63) is 45.2 Å². The molecule has 0 saturated carbocycles. The average molecular weight is 262 g/mol. The number of rotatable bonds is 0. The first-order valence-corrected chi connectivity index (χ1v) is 7.95. The summed E-state index contributed by atoms with van der Waals surface area (Å²) in [6, 6.07) is 8.04. The van der Waals surface area contributed by atoms with Gasteiger partial charge < -0.3 is 0 Å². The molecule has 3 heteroatoms. The van der Waals surface area contributed by atoms with E-state index in [1.165, 1.54) is 23.3 Å². The minimum Gasteiger partial charge on any atom is -0.288 e. The zero-order chi connectivity index (χ0) is 11.7. The number of carbonyl (C=O) groups is 1. The summed E-state index contributed by atoms with van der Waals surface area (Å²) in [4.78, 5) is 14.7. The van der Waals surface area contributed by atoms with Gasteiger partial charge in [-0.15, -0.1) is 23.5 Å². The number of benzene rings is 1. The Morgan fingerprint density at radius 2 is 1.76 bits per heavy atom. The fourth-order valence-corrected chi connectivity index (χ4v) is 4.69. The fraction of sp³-hybridized carbons (Fsp3) is 0.357. The largest absolute Gasteiger partial charge is 0.288 e. The van der Waals surface area contributed by atoms with Crippen molar-refractivity contribution in [3.8, 4) is 0 Å².